The molecule has 7 nitrogen and oxygen atoms in total. The smallest absolute Gasteiger partial charge is 0.334 e. The van der Waals surface area contributed by atoms with E-state index in [1.54, 1.807) is 0 Å². The van der Waals surface area contributed by atoms with Crippen LogP contribution in [0, 0.1) is 0 Å². The van der Waals surface area contributed by atoms with Crippen molar-refractivity contribution in [3.8, 4) is 0 Å². The van der Waals surface area contributed by atoms with Crippen molar-refractivity contribution in [2.24, 2.45) is 0 Å². The van der Waals surface area contributed by atoms with E-state index in [2.05, 4.69) is 6.92 Å². The van der Waals surface area contributed by atoms with Crippen molar-refractivity contribution in [3.63, 3.8) is 0 Å². The quantitative estimate of drug-likeness (QED) is 0.0703. The largest absolute Gasteiger partial charge is 0.455 e. The minimum atomic E-state index is -0.609. The lowest BCUT2D eigenvalue weighted by Gasteiger charge is -2.24. The Hall–Kier alpha value is -0.990. The van der Waals surface area contributed by atoms with Gasteiger partial charge in [0.1, 0.15) is 6.10 Å². The van der Waals surface area contributed by atoms with E-state index in [1.807, 2.05) is 13.0 Å². The summed E-state index contributed by atoms with van der Waals surface area (Å²) in [6, 6.07) is 0. The molecule has 8 atom stereocenters. The fourth-order valence-electron chi connectivity index (χ4n) is 7.26. The summed E-state index contributed by atoms with van der Waals surface area (Å²) in [4.78, 5) is 11.7. The molecule has 44 heavy (non-hydrogen) atoms. The van der Waals surface area contributed by atoms with Crippen molar-refractivity contribution in [2.75, 3.05) is 0 Å². The molecule has 3 aliphatic rings. The van der Waals surface area contributed by atoms with E-state index in [1.165, 1.54) is 70.6 Å². The Balaban J connectivity index is 1.15. The van der Waals surface area contributed by atoms with Gasteiger partial charge in [0, 0.05) is 5.57 Å². The van der Waals surface area contributed by atoms with Crippen molar-refractivity contribution in [2.45, 2.75) is 217 Å². The number of rotatable bonds is 25. The van der Waals surface area contributed by atoms with Crippen molar-refractivity contribution in [1.82, 2.24) is 0 Å². The Kier molecular flexibility index (Phi) is 18.5. The summed E-state index contributed by atoms with van der Waals surface area (Å²) in [5.74, 6) is -0.133. The molecular weight excluding hydrogens is 556 g/mol. The predicted octanol–water partition coefficient (Wildman–Crippen LogP) is 7.86. The molecule has 0 spiro atoms. The van der Waals surface area contributed by atoms with Crippen LogP contribution in [0.15, 0.2) is 11.6 Å². The fraction of sp³-hybridized carbons (Fsp3) is 0.919. The molecule has 0 aromatic rings. The zero-order valence-corrected chi connectivity index (χ0v) is 28.1. The second kappa shape index (κ2) is 21.7. The van der Waals surface area contributed by atoms with E-state index in [9.17, 15) is 20.1 Å². The first kappa shape index (κ1) is 37.5. The molecule has 3 N–H and O–H groups in total. The zero-order valence-electron chi connectivity index (χ0n) is 28.1. The molecule has 3 rings (SSSR count). The van der Waals surface area contributed by atoms with Crippen LogP contribution in [0.1, 0.15) is 168 Å². The van der Waals surface area contributed by atoms with Crippen LogP contribution in [-0.2, 0) is 19.0 Å². The van der Waals surface area contributed by atoms with Crippen LogP contribution in [0.5, 0.6) is 0 Å². The molecule has 0 saturated carbocycles. The van der Waals surface area contributed by atoms with Gasteiger partial charge in [-0.25, -0.2) is 4.79 Å². The molecule has 0 bridgehead atoms. The second-order valence-corrected chi connectivity index (χ2v) is 14.0. The number of aliphatic hydroxyl groups is 3. The van der Waals surface area contributed by atoms with Crippen LogP contribution >= 0.6 is 0 Å². The Morgan fingerprint density at radius 1 is 0.659 bits per heavy atom. The van der Waals surface area contributed by atoms with Gasteiger partial charge in [-0.05, 0) is 77.2 Å². The molecule has 0 radical (unpaired) electrons. The number of cyclic esters (lactones) is 1. The lowest BCUT2D eigenvalue weighted by molar-refractivity contribution is -0.139. The van der Waals surface area contributed by atoms with Crippen molar-refractivity contribution in [3.05, 3.63) is 11.6 Å². The van der Waals surface area contributed by atoms with Gasteiger partial charge >= 0.3 is 5.97 Å². The lowest BCUT2D eigenvalue weighted by Crippen LogP contribution is -2.33. The maximum atomic E-state index is 11.7. The normalized spacial score (nSPS) is 27.4. The minimum absolute atomic E-state index is 0.0617. The van der Waals surface area contributed by atoms with Crippen LogP contribution in [0.3, 0.4) is 0 Å². The Morgan fingerprint density at radius 2 is 1.16 bits per heavy atom. The van der Waals surface area contributed by atoms with Gasteiger partial charge in [-0.2, -0.15) is 0 Å². The van der Waals surface area contributed by atoms with Crippen molar-refractivity contribution in [1.29, 1.82) is 0 Å². The molecule has 0 aromatic heterocycles. The molecule has 1 unspecified atom stereocenters. The zero-order chi connectivity index (χ0) is 31.6. The molecule has 3 aliphatic heterocycles. The highest BCUT2D eigenvalue weighted by Crippen LogP contribution is 2.31. The Labute approximate surface area is 268 Å². The Bertz CT molecular complexity index is 801. The SMILES string of the molecule is CCCCCCCCCC[C@@H](O)[C@@H]1CC[C@@H]([C@@H](O)CC[C@H](O)[C@@H]2CC[C@H](CCCCCCCCCC3=CC(C)OC3=O)O2)O1. The monoisotopic (exact) mass is 622 g/mol. The van der Waals surface area contributed by atoms with Gasteiger partial charge in [-0.1, -0.05) is 96.8 Å². The number of ether oxygens (including phenoxy) is 3. The third-order valence-electron chi connectivity index (χ3n) is 10.1. The number of carbonyl (C=O) groups excluding carboxylic acids is 1. The van der Waals surface area contributed by atoms with E-state index in [-0.39, 0.29) is 36.5 Å². The first-order valence-electron chi connectivity index (χ1n) is 18.6. The minimum Gasteiger partial charge on any atom is -0.455 e. The summed E-state index contributed by atoms with van der Waals surface area (Å²) >= 11 is 0. The molecule has 0 aliphatic carbocycles. The topological polar surface area (TPSA) is 105 Å². The van der Waals surface area contributed by atoms with Gasteiger partial charge in [0.05, 0.1) is 42.7 Å². The molecule has 7 heteroatoms. The summed E-state index contributed by atoms with van der Waals surface area (Å²) in [6.45, 7) is 4.15. The summed E-state index contributed by atoms with van der Waals surface area (Å²) in [5.41, 5.74) is 0.852. The summed E-state index contributed by atoms with van der Waals surface area (Å²) in [6.07, 6.45) is 25.4. The van der Waals surface area contributed by atoms with Gasteiger partial charge in [0.2, 0.25) is 0 Å². The highest BCUT2D eigenvalue weighted by atomic mass is 16.5. The number of hydrogen-bond donors (Lipinski definition) is 3. The summed E-state index contributed by atoms with van der Waals surface area (Å²) < 4.78 is 17.4. The highest BCUT2D eigenvalue weighted by molar-refractivity contribution is 5.90. The highest BCUT2D eigenvalue weighted by Gasteiger charge is 2.36. The van der Waals surface area contributed by atoms with Crippen LogP contribution in [0.2, 0.25) is 0 Å². The average molecular weight is 623 g/mol. The van der Waals surface area contributed by atoms with Crippen molar-refractivity contribution >= 4 is 5.97 Å². The molecule has 3 heterocycles. The van der Waals surface area contributed by atoms with Gasteiger partial charge in [0.15, 0.2) is 0 Å². The van der Waals surface area contributed by atoms with Crippen LogP contribution in [0.4, 0.5) is 0 Å². The fourth-order valence-corrected chi connectivity index (χ4v) is 7.26. The van der Waals surface area contributed by atoms with E-state index in [0.29, 0.717) is 12.8 Å². The second-order valence-electron chi connectivity index (χ2n) is 14.0. The average Bonchev–Trinajstić information content (AvgIpc) is 3.76. The summed E-state index contributed by atoms with van der Waals surface area (Å²) in [5, 5.41) is 32.1. The van der Waals surface area contributed by atoms with Crippen molar-refractivity contribution < 1.29 is 34.3 Å². The Morgan fingerprint density at radius 3 is 1.75 bits per heavy atom. The first-order valence-corrected chi connectivity index (χ1v) is 18.6. The van der Waals surface area contributed by atoms with Crippen LogP contribution < -0.4 is 0 Å². The number of aliphatic hydroxyl groups excluding tert-OH is 3. The predicted molar refractivity (Wildman–Crippen MR) is 175 cm³/mol. The van der Waals surface area contributed by atoms with Crippen LogP contribution in [0.25, 0.3) is 0 Å². The molecule has 2 saturated heterocycles. The third kappa shape index (κ3) is 14.2. The van der Waals surface area contributed by atoms with E-state index in [4.69, 9.17) is 14.2 Å². The number of hydrogen-bond acceptors (Lipinski definition) is 7. The molecule has 2 fully saturated rings. The third-order valence-corrected chi connectivity index (χ3v) is 10.1. The van der Waals surface area contributed by atoms with E-state index in [0.717, 1.165) is 76.2 Å². The number of unbranched alkanes of at least 4 members (excludes halogenated alkanes) is 13. The van der Waals surface area contributed by atoms with Gasteiger partial charge in [-0.15, -0.1) is 0 Å². The molecular formula is C37H66O7. The number of esters is 1. The standard InChI is InChI=1S/C37H66O7/c1-3-4-5-6-7-11-14-17-20-31(38)35-25-26-36(44-35)33(40)23-22-32(39)34-24-21-30(43-34)19-16-13-10-8-9-12-15-18-29-27-28(2)42-37(29)41/h27-28,30-36,38-40H,3-26H2,1-2H3/t28?,30-,31+,32-,33-,34-,35-,36-/m0/s1. The summed E-state index contributed by atoms with van der Waals surface area (Å²) in [7, 11) is 0. The van der Waals surface area contributed by atoms with E-state index >= 15 is 0 Å². The van der Waals surface area contributed by atoms with Gasteiger partial charge in [-0.3, -0.25) is 0 Å². The van der Waals surface area contributed by atoms with Crippen LogP contribution in [-0.4, -0.2) is 70.1 Å². The molecule has 0 aromatic carbocycles. The van der Waals surface area contributed by atoms with Gasteiger partial charge in [0.25, 0.3) is 0 Å². The van der Waals surface area contributed by atoms with Gasteiger partial charge < -0.3 is 29.5 Å². The van der Waals surface area contributed by atoms with E-state index < -0.39 is 18.3 Å². The maximum absolute atomic E-state index is 11.7. The molecule has 256 valence electrons. The number of carbonyl (C=O) groups is 1. The molecule has 0 amide bonds. The maximum Gasteiger partial charge on any atom is 0.334 e. The lowest BCUT2D eigenvalue weighted by atomic mass is 9.98. The first-order chi connectivity index (χ1) is 21.4.